The van der Waals surface area contributed by atoms with Gasteiger partial charge in [-0.05, 0) is 71.0 Å². The van der Waals surface area contributed by atoms with E-state index in [1.54, 1.807) is 0 Å². The van der Waals surface area contributed by atoms with Gasteiger partial charge in [0.05, 0.1) is 11.0 Å². The molecule has 0 saturated heterocycles. The molecular weight excluding hydrogens is 537 g/mol. The van der Waals surface area contributed by atoms with E-state index in [0.29, 0.717) is 0 Å². The number of aromatic nitrogens is 1. The zero-order valence-corrected chi connectivity index (χ0v) is 26.3. The van der Waals surface area contributed by atoms with E-state index in [1.807, 2.05) is 0 Å². The Morgan fingerprint density at radius 2 is 1.02 bits per heavy atom. The number of aryl methyl sites for hydroxylation is 2. The van der Waals surface area contributed by atoms with Gasteiger partial charge < -0.3 is 9.47 Å². The minimum absolute atomic E-state index is 1.18. The van der Waals surface area contributed by atoms with Gasteiger partial charge in [0.25, 0.3) is 0 Å². The second kappa shape index (κ2) is 10.8. The topological polar surface area (TPSA) is 8.17 Å². The molecule has 1 heterocycles. The Kier molecular flexibility index (Phi) is 6.76. The predicted molar refractivity (Wildman–Crippen MR) is 188 cm³/mol. The molecule has 0 aliphatic heterocycles. The van der Waals surface area contributed by atoms with Crippen molar-refractivity contribution in [3.8, 4) is 5.69 Å². The van der Waals surface area contributed by atoms with Gasteiger partial charge >= 0.3 is 0 Å². The number of hydrogen-bond donors (Lipinski definition) is 0. The lowest BCUT2D eigenvalue weighted by Gasteiger charge is -2.35. The standard InChI is InChI=1S/C40H36N2Si/c1-29-25-30(2)27-36(26-29)43(33-15-9-6-10-16-33,34-21-19-31(20-22-34)41(3)4)35-23-24-40-38(28-35)37-17-11-12-18-39(37)42(40)32-13-7-5-8-14-32/h5-28H,1-4H3. The van der Waals surface area contributed by atoms with Crippen LogP contribution < -0.4 is 25.6 Å². The Hall–Kier alpha value is -4.86. The summed E-state index contributed by atoms with van der Waals surface area (Å²) >= 11 is 0. The third-order valence-corrected chi connectivity index (χ3v) is 13.5. The first-order valence-electron chi connectivity index (χ1n) is 15.0. The van der Waals surface area contributed by atoms with Crippen LogP contribution in [0.15, 0.2) is 146 Å². The summed E-state index contributed by atoms with van der Waals surface area (Å²) in [6, 6.07) is 54.5. The van der Waals surface area contributed by atoms with Crippen LogP contribution >= 0.6 is 0 Å². The molecule has 7 aromatic rings. The Morgan fingerprint density at radius 3 is 1.70 bits per heavy atom. The third kappa shape index (κ3) is 4.48. The Morgan fingerprint density at radius 1 is 0.465 bits per heavy atom. The maximum atomic E-state index is 2.51. The monoisotopic (exact) mass is 572 g/mol. The first kappa shape index (κ1) is 27.0. The normalized spacial score (nSPS) is 12.8. The second-order valence-corrected chi connectivity index (χ2v) is 15.7. The van der Waals surface area contributed by atoms with Crippen LogP contribution in [0.25, 0.3) is 27.5 Å². The third-order valence-electron chi connectivity index (χ3n) is 8.80. The van der Waals surface area contributed by atoms with Gasteiger partial charge in [-0.3, -0.25) is 0 Å². The highest BCUT2D eigenvalue weighted by atomic mass is 28.3. The molecule has 1 aromatic heterocycles. The van der Waals surface area contributed by atoms with E-state index in [1.165, 1.54) is 65.1 Å². The van der Waals surface area contributed by atoms with E-state index in [0.717, 1.165) is 0 Å². The Bertz CT molecular complexity index is 2040. The Balaban J connectivity index is 1.61. The molecular formula is C40H36N2Si. The van der Waals surface area contributed by atoms with Gasteiger partial charge in [-0.1, -0.05) is 120 Å². The smallest absolute Gasteiger partial charge is 0.179 e. The van der Waals surface area contributed by atoms with Crippen LogP contribution in [0.5, 0.6) is 0 Å². The van der Waals surface area contributed by atoms with Crippen molar-refractivity contribution in [3.05, 3.63) is 157 Å². The molecule has 2 nitrogen and oxygen atoms in total. The van der Waals surface area contributed by atoms with Crippen LogP contribution in [0.1, 0.15) is 11.1 Å². The highest BCUT2D eigenvalue weighted by molar-refractivity contribution is 7.20. The first-order chi connectivity index (χ1) is 21.0. The van der Waals surface area contributed by atoms with E-state index in [4.69, 9.17) is 0 Å². The van der Waals surface area contributed by atoms with Crippen LogP contribution in [-0.4, -0.2) is 26.7 Å². The summed E-state index contributed by atoms with van der Waals surface area (Å²) in [6.45, 7) is 4.46. The Labute approximate surface area is 255 Å². The molecule has 7 rings (SSSR count). The number of nitrogens with zero attached hydrogens (tertiary/aromatic N) is 2. The molecule has 1 atom stereocenters. The van der Waals surface area contributed by atoms with Crippen molar-refractivity contribution in [2.45, 2.75) is 13.8 Å². The number of rotatable bonds is 6. The quantitative estimate of drug-likeness (QED) is 0.156. The van der Waals surface area contributed by atoms with Crippen molar-refractivity contribution in [1.82, 2.24) is 4.57 Å². The molecule has 0 bridgehead atoms. The van der Waals surface area contributed by atoms with Gasteiger partial charge in [-0.15, -0.1) is 0 Å². The van der Waals surface area contributed by atoms with Gasteiger partial charge in [-0.2, -0.15) is 0 Å². The molecule has 3 heteroatoms. The van der Waals surface area contributed by atoms with Crippen molar-refractivity contribution in [3.63, 3.8) is 0 Å². The van der Waals surface area contributed by atoms with Crippen LogP contribution in [-0.2, 0) is 0 Å². The average molecular weight is 573 g/mol. The highest BCUT2D eigenvalue weighted by Crippen LogP contribution is 2.32. The molecule has 0 N–H and O–H groups in total. The number of para-hydroxylation sites is 2. The zero-order chi connectivity index (χ0) is 29.6. The molecule has 6 aromatic carbocycles. The van der Waals surface area contributed by atoms with Crippen molar-refractivity contribution < 1.29 is 0 Å². The van der Waals surface area contributed by atoms with E-state index in [9.17, 15) is 0 Å². The van der Waals surface area contributed by atoms with Crippen molar-refractivity contribution in [2.24, 2.45) is 0 Å². The minimum Gasteiger partial charge on any atom is -0.378 e. The van der Waals surface area contributed by atoms with Gasteiger partial charge in [0.2, 0.25) is 0 Å². The van der Waals surface area contributed by atoms with Crippen LogP contribution in [0.3, 0.4) is 0 Å². The molecule has 0 amide bonds. The average Bonchev–Trinajstić information content (AvgIpc) is 3.36. The summed E-state index contributed by atoms with van der Waals surface area (Å²) in [6.07, 6.45) is 0. The summed E-state index contributed by atoms with van der Waals surface area (Å²) in [5.74, 6) is 0. The first-order valence-corrected chi connectivity index (χ1v) is 17.0. The number of hydrogen-bond acceptors (Lipinski definition) is 1. The van der Waals surface area contributed by atoms with Gasteiger partial charge in [-0.25, -0.2) is 0 Å². The fraction of sp³-hybridized carbons (Fsp3) is 0.100. The van der Waals surface area contributed by atoms with Crippen molar-refractivity contribution in [2.75, 3.05) is 19.0 Å². The van der Waals surface area contributed by atoms with Crippen LogP contribution in [0.2, 0.25) is 0 Å². The van der Waals surface area contributed by atoms with Gasteiger partial charge in [0, 0.05) is 36.2 Å². The minimum atomic E-state index is -2.72. The fourth-order valence-electron chi connectivity index (χ4n) is 6.95. The van der Waals surface area contributed by atoms with E-state index in [2.05, 4.69) is 183 Å². The van der Waals surface area contributed by atoms with Gasteiger partial charge in [0.15, 0.2) is 8.07 Å². The largest absolute Gasteiger partial charge is 0.378 e. The summed E-state index contributed by atoms with van der Waals surface area (Å²) in [7, 11) is 1.49. The molecule has 0 aliphatic rings. The molecule has 1 unspecified atom stereocenters. The number of benzene rings is 6. The van der Waals surface area contributed by atoms with E-state index >= 15 is 0 Å². The summed E-state index contributed by atoms with van der Waals surface area (Å²) in [5.41, 5.74) is 7.46. The molecule has 0 spiro atoms. The van der Waals surface area contributed by atoms with Crippen molar-refractivity contribution >= 4 is 56.3 Å². The van der Waals surface area contributed by atoms with Crippen LogP contribution in [0.4, 0.5) is 5.69 Å². The zero-order valence-electron chi connectivity index (χ0n) is 25.3. The molecule has 0 radical (unpaired) electrons. The summed E-state index contributed by atoms with van der Waals surface area (Å²) in [5, 5.41) is 8.16. The number of anilines is 1. The molecule has 210 valence electrons. The lowest BCUT2D eigenvalue weighted by atomic mass is 10.1. The molecule has 0 aliphatic carbocycles. The number of fused-ring (bicyclic) bond motifs is 3. The van der Waals surface area contributed by atoms with E-state index in [-0.39, 0.29) is 0 Å². The lowest BCUT2D eigenvalue weighted by Crippen LogP contribution is -2.74. The maximum absolute atomic E-state index is 2.72. The summed E-state index contributed by atoms with van der Waals surface area (Å²) in [4.78, 5) is 2.18. The maximum Gasteiger partial charge on any atom is 0.179 e. The SMILES string of the molecule is Cc1cc(C)cc([Si](c2ccccc2)(c2ccc(N(C)C)cc2)c2ccc3c(c2)c2ccccc2n3-c2ccccc2)c1. The highest BCUT2D eigenvalue weighted by Gasteiger charge is 2.42. The molecule has 43 heavy (non-hydrogen) atoms. The fourth-order valence-corrected chi connectivity index (χ4v) is 11.9. The summed E-state index contributed by atoms with van der Waals surface area (Å²) < 4.78 is 2.41. The van der Waals surface area contributed by atoms with Crippen molar-refractivity contribution in [1.29, 1.82) is 0 Å². The lowest BCUT2D eigenvalue weighted by molar-refractivity contribution is 1.13. The van der Waals surface area contributed by atoms with Crippen LogP contribution in [0, 0.1) is 13.8 Å². The predicted octanol–water partition coefficient (Wildman–Crippen LogP) is 6.84. The van der Waals surface area contributed by atoms with Gasteiger partial charge in [0.1, 0.15) is 0 Å². The molecule has 0 fully saturated rings. The second-order valence-electron chi connectivity index (χ2n) is 11.9. The van der Waals surface area contributed by atoms with E-state index < -0.39 is 8.07 Å². The molecule has 0 saturated carbocycles.